The summed E-state index contributed by atoms with van der Waals surface area (Å²) in [6.45, 7) is -0.399. The molecule has 2 aromatic rings. The lowest BCUT2D eigenvalue weighted by molar-refractivity contribution is -0.384. The molecule has 23 heavy (non-hydrogen) atoms. The molecule has 0 unspecified atom stereocenters. The summed E-state index contributed by atoms with van der Waals surface area (Å²) in [6.07, 6.45) is 0. The largest absolute Gasteiger partial charge is 0.292 e. The molecular weight excluding hydrogens is 300 g/mol. The van der Waals surface area contributed by atoms with Crippen molar-refractivity contribution in [3.63, 3.8) is 0 Å². The van der Waals surface area contributed by atoms with E-state index in [0.29, 0.717) is 0 Å². The summed E-state index contributed by atoms with van der Waals surface area (Å²) in [5.74, 6) is -1.49. The topological polar surface area (TPSA) is 97.6 Å². The lowest BCUT2D eigenvalue weighted by Gasteiger charge is -2.12. The summed E-state index contributed by atoms with van der Waals surface area (Å²) < 4.78 is 0. The summed E-state index contributed by atoms with van der Waals surface area (Å²) in [6, 6.07) is 11.4. The van der Waals surface area contributed by atoms with Crippen LogP contribution in [-0.4, -0.2) is 34.0 Å². The standard InChI is InChI=1S/C16H10N2O5/c19-14(10-5-7-11(8-6-10)18(22)23)9-17-15(20)12-3-1-2-4-13(12)16(17)21/h1-8H,9H2. The number of hydrogen-bond donors (Lipinski definition) is 0. The zero-order chi connectivity index (χ0) is 16.6. The van der Waals surface area contributed by atoms with Gasteiger partial charge in [0.2, 0.25) is 0 Å². The second kappa shape index (κ2) is 5.45. The van der Waals surface area contributed by atoms with Gasteiger partial charge in [-0.05, 0) is 24.3 Å². The molecule has 7 heteroatoms. The summed E-state index contributed by atoms with van der Waals surface area (Å²) in [5, 5.41) is 10.6. The predicted octanol–water partition coefficient (Wildman–Crippen LogP) is 2.07. The van der Waals surface area contributed by atoms with Crippen LogP contribution in [0.1, 0.15) is 31.1 Å². The van der Waals surface area contributed by atoms with Crippen LogP contribution in [0.2, 0.25) is 0 Å². The molecule has 0 atom stereocenters. The van der Waals surface area contributed by atoms with Gasteiger partial charge in [0, 0.05) is 17.7 Å². The van der Waals surface area contributed by atoms with E-state index >= 15 is 0 Å². The molecule has 0 aromatic heterocycles. The number of rotatable bonds is 4. The minimum Gasteiger partial charge on any atom is -0.292 e. The van der Waals surface area contributed by atoms with Crippen LogP contribution in [0, 0.1) is 10.1 Å². The van der Waals surface area contributed by atoms with E-state index < -0.39 is 29.1 Å². The van der Waals surface area contributed by atoms with E-state index in [0.717, 1.165) is 4.90 Å². The van der Waals surface area contributed by atoms with Gasteiger partial charge >= 0.3 is 0 Å². The van der Waals surface area contributed by atoms with E-state index in [2.05, 4.69) is 0 Å². The minimum absolute atomic E-state index is 0.137. The number of hydrogen-bond acceptors (Lipinski definition) is 5. The maximum absolute atomic E-state index is 12.2. The number of Topliss-reactive ketones (excluding diaryl/α,β-unsaturated/α-hetero) is 1. The highest BCUT2D eigenvalue weighted by Gasteiger charge is 2.36. The fraction of sp³-hybridized carbons (Fsp3) is 0.0625. The molecule has 0 saturated carbocycles. The Morgan fingerprint density at radius 1 is 0.957 bits per heavy atom. The fourth-order valence-corrected chi connectivity index (χ4v) is 2.39. The third-order valence-electron chi connectivity index (χ3n) is 3.58. The summed E-state index contributed by atoms with van der Waals surface area (Å²) in [7, 11) is 0. The first-order chi connectivity index (χ1) is 11.0. The Bertz CT molecular complexity index is 807. The van der Waals surface area contributed by atoms with Gasteiger partial charge in [0.1, 0.15) is 0 Å². The normalized spacial score (nSPS) is 13.1. The molecule has 0 aliphatic carbocycles. The van der Waals surface area contributed by atoms with E-state index in [9.17, 15) is 24.5 Å². The van der Waals surface area contributed by atoms with Gasteiger partial charge in [0.25, 0.3) is 17.5 Å². The van der Waals surface area contributed by atoms with Gasteiger partial charge in [0.15, 0.2) is 5.78 Å². The second-order valence-electron chi connectivity index (χ2n) is 4.97. The molecule has 1 heterocycles. The van der Waals surface area contributed by atoms with Gasteiger partial charge in [-0.2, -0.15) is 0 Å². The zero-order valence-electron chi connectivity index (χ0n) is 11.8. The molecule has 0 N–H and O–H groups in total. The highest BCUT2D eigenvalue weighted by molar-refractivity contribution is 6.23. The third kappa shape index (κ3) is 2.48. The lowest BCUT2D eigenvalue weighted by Crippen LogP contribution is -2.34. The van der Waals surface area contributed by atoms with Crippen molar-refractivity contribution in [2.45, 2.75) is 0 Å². The van der Waals surface area contributed by atoms with Crippen molar-refractivity contribution in [1.82, 2.24) is 4.90 Å². The predicted molar refractivity (Wildman–Crippen MR) is 79.2 cm³/mol. The molecule has 114 valence electrons. The second-order valence-corrected chi connectivity index (χ2v) is 4.97. The Balaban J connectivity index is 1.80. The van der Waals surface area contributed by atoms with Gasteiger partial charge in [-0.15, -0.1) is 0 Å². The van der Waals surface area contributed by atoms with Crippen LogP contribution >= 0.6 is 0 Å². The molecule has 0 saturated heterocycles. The third-order valence-corrected chi connectivity index (χ3v) is 3.58. The van der Waals surface area contributed by atoms with E-state index in [-0.39, 0.29) is 22.4 Å². The number of fused-ring (bicyclic) bond motifs is 1. The molecule has 0 spiro atoms. The SMILES string of the molecule is O=C(CN1C(=O)c2ccccc2C1=O)c1ccc([N+](=O)[O-])cc1. The van der Waals surface area contributed by atoms with Crippen molar-refractivity contribution < 1.29 is 19.3 Å². The lowest BCUT2D eigenvalue weighted by atomic mass is 10.1. The number of non-ortho nitro benzene ring substituents is 1. The van der Waals surface area contributed by atoms with Crippen LogP contribution in [0.3, 0.4) is 0 Å². The van der Waals surface area contributed by atoms with Crippen molar-refractivity contribution in [2.24, 2.45) is 0 Å². The number of ketones is 1. The smallest absolute Gasteiger partial charge is 0.269 e. The van der Waals surface area contributed by atoms with Gasteiger partial charge in [-0.3, -0.25) is 29.4 Å². The highest BCUT2D eigenvalue weighted by Crippen LogP contribution is 2.23. The number of benzene rings is 2. The average molecular weight is 310 g/mol. The van der Waals surface area contributed by atoms with Crippen molar-refractivity contribution >= 4 is 23.3 Å². The van der Waals surface area contributed by atoms with Crippen LogP contribution in [0.15, 0.2) is 48.5 Å². The summed E-state index contributed by atoms with van der Waals surface area (Å²) in [4.78, 5) is 47.5. The Morgan fingerprint density at radius 2 is 1.48 bits per heavy atom. The van der Waals surface area contributed by atoms with E-state index in [1.807, 2.05) is 0 Å². The molecule has 2 amide bonds. The van der Waals surface area contributed by atoms with Crippen LogP contribution in [0.4, 0.5) is 5.69 Å². The summed E-state index contributed by atoms with van der Waals surface area (Å²) in [5.41, 5.74) is 0.609. The Hall–Kier alpha value is -3.35. The maximum Gasteiger partial charge on any atom is 0.269 e. The Morgan fingerprint density at radius 3 is 1.96 bits per heavy atom. The summed E-state index contributed by atoms with van der Waals surface area (Å²) >= 11 is 0. The molecule has 0 bridgehead atoms. The van der Waals surface area contributed by atoms with E-state index in [4.69, 9.17) is 0 Å². The van der Waals surface area contributed by atoms with Crippen molar-refractivity contribution in [2.75, 3.05) is 6.54 Å². The van der Waals surface area contributed by atoms with Gasteiger partial charge in [-0.25, -0.2) is 0 Å². The van der Waals surface area contributed by atoms with Gasteiger partial charge in [-0.1, -0.05) is 12.1 Å². The van der Waals surface area contributed by atoms with E-state index in [1.54, 1.807) is 12.1 Å². The fourth-order valence-electron chi connectivity index (χ4n) is 2.39. The van der Waals surface area contributed by atoms with Gasteiger partial charge in [0.05, 0.1) is 22.6 Å². The number of nitro groups is 1. The molecule has 0 fully saturated rings. The monoisotopic (exact) mass is 310 g/mol. The van der Waals surface area contributed by atoms with Crippen LogP contribution in [0.5, 0.6) is 0 Å². The van der Waals surface area contributed by atoms with Crippen LogP contribution in [-0.2, 0) is 0 Å². The maximum atomic E-state index is 12.2. The highest BCUT2D eigenvalue weighted by atomic mass is 16.6. The molecule has 7 nitrogen and oxygen atoms in total. The molecule has 1 aliphatic rings. The Kier molecular flexibility index (Phi) is 3.46. The average Bonchev–Trinajstić information content (AvgIpc) is 2.80. The minimum atomic E-state index is -0.571. The number of nitrogens with zero attached hydrogens (tertiary/aromatic N) is 2. The number of amides is 2. The van der Waals surface area contributed by atoms with Crippen molar-refractivity contribution in [1.29, 1.82) is 0 Å². The quantitative estimate of drug-likeness (QED) is 0.373. The van der Waals surface area contributed by atoms with Crippen LogP contribution < -0.4 is 0 Å². The molecular formula is C16H10N2O5. The van der Waals surface area contributed by atoms with E-state index in [1.165, 1.54) is 36.4 Å². The first kappa shape index (κ1) is 14.6. The first-order valence-electron chi connectivity index (χ1n) is 6.72. The number of imide groups is 1. The first-order valence-corrected chi connectivity index (χ1v) is 6.72. The molecule has 0 radical (unpaired) electrons. The molecule has 2 aromatic carbocycles. The van der Waals surface area contributed by atoms with Crippen LogP contribution in [0.25, 0.3) is 0 Å². The number of carbonyl (C=O) groups excluding carboxylic acids is 3. The number of carbonyl (C=O) groups is 3. The van der Waals surface area contributed by atoms with Crippen molar-refractivity contribution in [3.05, 3.63) is 75.3 Å². The molecule has 1 aliphatic heterocycles. The van der Waals surface area contributed by atoms with Gasteiger partial charge < -0.3 is 0 Å². The Labute approximate surface area is 130 Å². The number of nitro benzene ring substituents is 1. The molecule has 3 rings (SSSR count). The van der Waals surface area contributed by atoms with Crippen molar-refractivity contribution in [3.8, 4) is 0 Å². The zero-order valence-corrected chi connectivity index (χ0v) is 11.8.